The molecule has 3 heterocycles. The molecule has 10 nitrogen and oxygen atoms in total. The van der Waals surface area contributed by atoms with Crippen LogP contribution in [0.5, 0.6) is 0 Å². The number of H-pyrrole nitrogens is 1. The minimum atomic E-state index is -0.591. The first-order chi connectivity index (χ1) is 16.8. The van der Waals surface area contributed by atoms with Crippen LogP contribution in [0.1, 0.15) is 40.2 Å². The zero-order chi connectivity index (χ0) is 25.1. The molecule has 3 aromatic rings. The van der Waals surface area contributed by atoms with Gasteiger partial charge in [0.05, 0.1) is 24.5 Å². The molecule has 1 aliphatic rings. The van der Waals surface area contributed by atoms with E-state index in [2.05, 4.69) is 10.6 Å². The molecule has 2 aromatic heterocycles. The molecule has 0 radical (unpaired) electrons. The third-order valence-electron chi connectivity index (χ3n) is 5.47. The molecule has 0 spiro atoms. The van der Waals surface area contributed by atoms with Crippen molar-refractivity contribution < 1.29 is 28.3 Å². The van der Waals surface area contributed by atoms with Gasteiger partial charge in [0.1, 0.15) is 5.00 Å². The Labute approximate surface area is 209 Å². The zero-order valence-corrected chi connectivity index (χ0v) is 21.1. The maximum atomic E-state index is 12.8. The SMILES string of the molecule is CCOC(=O)c1c(NC(=O)CSc2c(=O)o[nH][n+]2-c2ccc(C)cc2)sc2c1CCN(C(C)=O)C2. The van der Waals surface area contributed by atoms with Gasteiger partial charge in [0, 0.05) is 30.5 Å². The van der Waals surface area contributed by atoms with Crippen LogP contribution in [0.4, 0.5) is 5.00 Å². The molecule has 0 unspecified atom stereocenters. The number of rotatable bonds is 7. The van der Waals surface area contributed by atoms with Crippen molar-refractivity contribution in [2.75, 3.05) is 24.2 Å². The highest BCUT2D eigenvalue weighted by Gasteiger charge is 2.31. The van der Waals surface area contributed by atoms with Gasteiger partial charge in [-0.3, -0.25) is 14.1 Å². The Morgan fingerprint density at radius 2 is 2.03 bits per heavy atom. The Bertz CT molecular complexity index is 1320. The lowest BCUT2D eigenvalue weighted by molar-refractivity contribution is -0.704. The lowest BCUT2D eigenvalue weighted by Gasteiger charge is -2.25. The molecule has 0 fully saturated rings. The summed E-state index contributed by atoms with van der Waals surface area (Å²) < 4.78 is 11.6. The van der Waals surface area contributed by atoms with E-state index in [0.29, 0.717) is 35.8 Å². The van der Waals surface area contributed by atoms with E-state index in [9.17, 15) is 19.2 Å². The molecule has 2 amide bonds. The fourth-order valence-corrected chi connectivity index (χ4v) is 5.77. The van der Waals surface area contributed by atoms with Crippen LogP contribution in [-0.4, -0.2) is 46.9 Å². The largest absolute Gasteiger partial charge is 0.462 e. The second kappa shape index (κ2) is 10.5. The highest BCUT2D eigenvalue weighted by Crippen LogP contribution is 2.37. The first kappa shape index (κ1) is 24.7. The number of anilines is 1. The van der Waals surface area contributed by atoms with Gasteiger partial charge in [-0.25, -0.2) is 9.59 Å². The van der Waals surface area contributed by atoms with Gasteiger partial charge < -0.3 is 15.0 Å². The number of aryl methyl sites for hydroxylation is 1. The van der Waals surface area contributed by atoms with Gasteiger partial charge in [-0.05, 0) is 47.5 Å². The summed E-state index contributed by atoms with van der Waals surface area (Å²) >= 11 is 2.29. The van der Waals surface area contributed by atoms with Gasteiger partial charge in [-0.15, -0.1) is 11.3 Å². The third-order valence-corrected chi connectivity index (χ3v) is 7.64. The molecule has 12 heteroatoms. The molecule has 4 rings (SSSR count). The normalized spacial score (nSPS) is 12.8. The fourth-order valence-electron chi connectivity index (χ4n) is 3.73. The highest BCUT2D eigenvalue weighted by atomic mass is 32.2. The van der Waals surface area contributed by atoms with Crippen molar-refractivity contribution in [1.29, 1.82) is 0 Å². The Morgan fingerprint density at radius 3 is 2.71 bits per heavy atom. The lowest BCUT2D eigenvalue weighted by atomic mass is 10.0. The molecule has 1 aromatic carbocycles. The quantitative estimate of drug-likeness (QED) is 0.280. The van der Waals surface area contributed by atoms with E-state index in [-0.39, 0.29) is 23.3 Å². The summed E-state index contributed by atoms with van der Waals surface area (Å²) in [6.45, 7) is 6.26. The Balaban J connectivity index is 1.52. The summed E-state index contributed by atoms with van der Waals surface area (Å²) in [6, 6.07) is 7.46. The Kier molecular flexibility index (Phi) is 7.41. The summed E-state index contributed by atoms with van der Waals surface area (Å²) in [5.41, 5.74) is 2.30. The highest BCUT2D eigenvalue weighted by molar-refractivity contribution is 7.99. The average molecular weight is 518 g/mol. The topological polar surface area (TPSA) is 126 Å². The number of carbonyl (C=O) groups is 3. The van der Waals surface area contributed by atoms with Gasteiger partial charge >= 0.3 is 16.6 Å². The van der Waals surface area contributed by atoms with Gasteiger partial charge in [0.25, 0.3) is 0 Å². The van der Waals surface area contributed by atoms with Crippen LogP contribution in [0.3, 0.4) is 0 Å². The number of esters is 1. The molecule has 184 valence electrons. The number of hydrogen-bond donors (Lipinski definition) is 2. The molecule has 1 aliphatic heterocycles. The summed E-state index contributed by atoms with van der Waals surface area (Å²) in [5, 5.41) is 5.96. The third kappa shape index (κ3) is 5.33. The molecule has 0 aliphatic carbocycles. The van der Waals surface area contributed by atoms with Crippen molar-refractivity contribution in [2.24, 2.45) is 0 Å². The van der Waals surface area contributed by atoms with Crippen molar-refractivity contribution in [3.05, 3.63) is 56.3 Å². The van der Waals surface area contributed by atoms with Crippen LogP contribution in [0.15, 0.2) is 38.6 Å². The first-order valence-corrected chi connectivity index (χ1v) is 12.8. The van der Waals surface area contributed by atoms with E-state index in [1.165, 1.54) is 22.9 Å². The molecular weight excluding hydrogens is 492 g/mol. The van der Waals surface area contributed by atoms with Crippen molar-refractivity contribution in [3.8, 4) is 5.69 Å². The van der Waals surface area contributed by atoms with Gasteiger partial charge in [0.2, 0.25) is 17.5 Å². The van der Waals surface area contributed by atoms with Crippen LogP contribution in [-0.2, 0) is 27.3 Å². The number of aromatic nitrogens is 2. The second-order valence-electron chi connectivity index (χ2n) is 7.91. The first-order valence-electron chi connectivity index (χ1n) is 11.0. The number of hydrogen-bond acceptors (Lipinski definition) is 8. The number of benzene rings is 1. The number of thioether (sulfide) groups is 1. The number of ether oxygens (including phenoxy) is 1. The smallest absolute Gasteiger partial charge is 0.442 e. The monoisotopic (exact) mass is 517 g/mol. The summed E-state index contributed by atoms with van der Waals surface area (Å²) in [4.78, 5) is 52.1. The van der Waals surface area contributed by atoms with E-state index >= 15 is 0 Å². The Hall–Kier alpha value is -3.38. The average Bonchev–Trinajstić information content (AvgIpc) is 3.37. The van der Waals surface area contributed by atoms with Crippen LogP contribution in [0.25, 0.3) is 5.69 Å². The van der Waals surface area contributed by atoms with E-state index in [1.54, 1.807) is 11.8 Å². The molecule has 0 saturated heterocycles. The number of carbonyl (C=O) groups excluding carboxylic acids is 3. The van der Waals surface area contributed by atoms with E-state index in [0.717, 1.165) is 27.8 Å². The predicted molar refractivity (Wildman–Crippen MR) is 130 cm³/mol. The van der Waals surface area contributed by atoms with Crippen LogP contribution < -0.4 is 15.6 Å². The predicted octanol–water partition coefficient (Wildman–Crippen LogP) is 2.43. The van der Waals surface area contributed by atoms with Crippen LogP contribution >= 0.6 is 23.1 Å². The second-order valence-corrected chi connectivity index (χ2v) is 9.98. The molecule has 2 N–H and O–H groups in total. The van der Waals surface area contributed by atoms with Crippen molar-refractivity contribution in [2.45, 2.75) is 38.8 Å². The molecular formula is C23H25N4O6S2+. The summed E-state index contributed by atoms with van der Waals surface area (Å²) in [6.07, 6.45) is 0.505. The van der Waals surface area contributed by atoms with Crippen molar-refractivity contribution in [1.82, 2.24) is 10.2 Å². The van der Waals surface area contributed by atoms with Crippen LogP contribution in [0, 0.1) is 6.92 Å². The van der Waals surface area contributed by atoms with E-state index in [1.807, 2.05) is 31.2 Å². The van der Waals surface area contributed by atoms with Crippen molar-refractivity contribution in [3.63, 3.8) is 0 Å². The number of thiophene rings is 1. The lowest BCUT2D eigenvalue weighted by Crippen LogP contribution is -2.36. The fraction of sp³-hybridized carbons (Fsp3) is 0.348. The van der Waals surface area contributed by atoms with E-state index < -0.39 is 17.5 Å². The van der Waals surface area contributed by atoms with E-state index in [4.69, 9.17) is 9.26 Å². The summed E-state index contributed by atoms with van der Waals surface area (Å²) in [5.74, 6) is -1.03. The Morgan fingerprint density at radius 1 is 1.29 bits per heavy atom. The number of amides is 2. The van der Waals surface area contributed by atoms with Crippen molar-refractivity contribution >= 4 is 45.9 Å². The maximum Gasteiger partial charge on any atom is 0.442 e. The van der Waals surface area contributed by atoms with Gasteiger partial charge in [-0.1, -0.05) is 17.7 Å². The number of nitrogens with one attached hydrogen (secondary N) is 2. The summed E-state index contributed by atoms with van der Waals surface area (Å²) in [7, 11) is 0. The minimum absolute atomic E-state index is 0.0454. The number of aromatic amines is 1. The van der Waals surface area contributed by atoms with Gasteiger partial charge in [0.15, 0.2) is 0 Å². The van der Waals surface area contributed by atoms with Crippen LogP contribution in [0.2, 0.25) is 0 Å². The minimum Gasteiger partial charge on any atom is -0.462 e. The molecule has 0 saturated carbocycles. The maximum absolute atomic E-state index is 12.8. The number of fused-ring (bicyclic) bond motifs is 1. The zero-order valence-electron chi connectivity index (χ0n) is 19.5. The molecule has 0 atom stereocenters. The number of nitrogens with zero attached hydrogens (tertiary/aromatic N) is 2. The molecule has 0 bridgehead atoms. The standard InChI is InChI=1S/C23H24N4O6S2/c1-4-32-22(30)19-16-9-10-26(14(3)28)11-17(16)35-20(19)24-18(29)12-34-21-23(31)33-25-27(21)15-7-5-13(2)6-8-15/h5-8H,4,9-12H2,1-3H3,(H-,24,25,29,30,31)/p+1. The molecule has 35 heavy (non-hydrogen) atoms. The van der Waals surface area contributed by atoms with Gasteiger partial charge in [-0.2, -0.15) is 0 Å².